The summed E-state index contributed by atoms with van der Waals surface area (Å²) in [5, 5.41) is 0. The molecule has 1 rings (SSSR count). The highest BCUT2D eigenvalue weighted by Gasteiger charge is 2.14. The lowest BCUT2D eigenvalue weighted by Crippen LogP contribution is -1.93. The van der Waals surface area contributed by atoms with Gasteiger partial charge in [-0.2, -0.15) is 0 Å². The number of benzene rings is 1. The molecule has 13 heavy (non-hydrogen) atoms. The number of aryl methyl sites for hydroxylation is 1. The molecule has 0 radical (unpaired) electrons. The van der Waals surface area contributed by atoms with E-state index in [-0.39, 0.29) is 0 Å². The first kappa shape index (κ1) is 10.9. The zero-order valence-corrected chi connectivity index (χ0v) is 9.36. The van der Waals surface area contributed by atoms with Crippen LogP contribution in [0.2, 0.25) is 0 Å². The maximum atomic E-state index is 9.68. The summed E-state index contributed by atoms with van der Waals surface area (Å²) in [7, 11) is -1.42. The second-order valence-electron chi connectivity index (χ2n) is 2.72. The Labute approximate surface area is 84.1 Å². The third kappa shape index (κ3) is 2.91. The normalized spacial score (nSPS) is 12.9. The molecule has 0 spiro atoms. The number of hydrogen-bond donors (Lipinski definition) is 2. The molecule has 0 saturated heterocycles. The van der Waals surface area contributed by atoms with Crippen LogP contribution < -0.4 is 0 Å². The molecule has 0 atom stereocenters. The van der Waals surface area contributed by atoms with E-state index in [0.717, 1.165) is 5.56 Å². The van der Waals surface area contributed by atoms with Gasteiger partial charge in [-0.1, -0.05) is 24.6 Å². The molecule has 0 unspecified atom stereocenters. The van der Waals surface area contributed by atoms with Gasteiger partial charge in [-0.3, -0.25) is 9.11 Å². The van der Waals surface area contributed by atoms with Gasteiger partial charge in [0.1, 0.15) is 0 Å². The van der Waals surface area contributed by atoms with Crippen molar-refractivity contribution >= 4 is 20.4 Å². The highest BCUT2D eigenvalue weighted by molar-refractivity contribution is 8.89. The Morgan fingerprint density at radius 3 is 2.23 bits per heavy atom. The molecule has 0 aromatic heterocycles. The molecule has 0 saturated carbocycles. The fourth-order valence-corrected chi connectivity index (χ4v) is 3.63. The van der Waals surface area contributed by atoms with Crippen molar-refractivity contribution < 1.29 is 9.11 Å². The van der Waals surface area contributed by atoms with Gasteiger partial charge in [-0.25, -0.2) is 0 Å². The van der Waals surface area contributed by atoms with Crippen LogP contribution in [-0.2, 0) is 0 Å². The van der Waals surface area contributed by atoms with E-state index < -0.39 is 9.62 Å². The minimum Gasteiger partial charge on any atom is -0.285 e. The molecule has 1 aromatic rings. The van der Waals surface area contributed by atoms with E-state index in [4.69, 9.17) is 0 Å². The Hall–Kier alpha value is -0.160. The van der Waals surface area contributed by atoms with Crippen LogP contribution in [-0.4, -0.2) is 14.9 Å². The Morgan fingerprint density at radius 1 is 1.23 bits per heavy atom. The molecule has 74 valence electrons. The minimum atomic E-state index is -2.61. The number of rotatable bonds is 3. The van der Waals surface area contributed by atoms with E-state index in [1.165, 1.54) is 10.8 Å². The summed E-state index contributed by atoms with van der Waals surface area (Å²) in [4.78, 5) is 0.616. The van der Waals surface area contributed by atoms with Gasteiger partial charge >= 0.3 is 0 Å². The average Bonchev–Trinajstić information content (AvgIpc) is 2.05. The largest absolute Gasteiger partial charge is 0.285 e. The van der Waals surface area contributed by atoms with Gasteiger partial charge in [0.2, 0.25) is 0 Å². The lowest BCUT2D eigenvalue weighted by atomic mass is 10.2. The summed E-state index contributed by atoms with van der Waals surface area (Å²) in [6.45, 7) is 3.88. The van der Waals surface area contributed by atoms with E-state index in [1.54, 1.807) is 12.1 Å². The lowest BCUT2D eigenvalue weighted by Gasteiger charge is -2.30. The van der Waals surface area contributed by atoms with Gasteiger partial charge in [0.05, 0.1) is 4.90 Å². The van der Waals surface area contributed by atoms with E-state index in [9.17, 15) is 9.11 Å². The molecular weight excluding hydrogens is 204 g/mol. The standard InChI is InChI=1S/C9H14O2S2/c1-3-12-13(10,11)9-6-4-8(2)5-7-9/h4-7,10-11H,3H2,1-2H3. The van der Waals surface area contributed by atoms with Crippen LogP contribution in [0.25, 0.3) is 0 Å². The van der Waals surface area contributed by atoms with Crippen molar-refractivity contribution in [3.8, 4) is 0 Å². The van der Waals surface area contributed by atoms with Crippen LogP contribution in [0, 0.1) is 6.92 Å². The fraction of sp³-hybridized carbons (Fsp3) is 0.333. The van der Waals surface area contributed by atoms with Crippen molar-refractivity contribution in [3.63, 3.8) is 0 Å². The van der Waals surface area contributed by atoms with E-state index in [2.05, 4.69) is 0 Å². The monoisotopic (exact) mass is 218 g/mol. The van der Waals surface area contributed by atoms with E-state index >= 15 is 0 Å². The van der Waals surface area contributed by atoms with Crippen LogP contribution in [0.3, 0.4) is 0 Å². The summed E-state index contributed by atoms with van der Waals surface area (Å²) >= 11 is 0. The summed E-state index contributed by atoms with van der Waals surface area (Å²) in [6.07, 6.45) is 0. The van der Waals surface area contributed by atoms with Gasteiger partial charge in [0.25, 0.3) is 0 Å². The van der Waals surface area contributed by atoms with Gasteiger partial charge < -0.3 is 0 Å². The molecule has 2 nitrogen and oxygen atoms in total. The van der Waals surface area contributed by atoms with E-state index in [1.807, 2.05) is 26.0 Å². The predicted molar refractivity (Wildman–Crippen MR) is 60.4 cm³/mol. The first-order valence-corrected chi connectivity index (χ1v) is 7.10. The molecule has 2 N–H and O–H groups in total. The van der Waals surface area contributed by atoms with Gasteiger partial charge in [0, 0.05) is 5.75 Å². The van der Waals surface area contributed by atoms with Crippen molar-refractivity contribution in [2.24, 2.45) is 0 Å². The smallest absolute Gasteiger partial charge is 0.0701 e. The van der Waals surface area contributed by atoms with Crippen LogP contribution >= 0.6 is 20.4 Å². The molecular formula is C9H14O2S2. The van der Waals surface area contributed by atoms with Gasteiger partial charge in [-0.05, 0) is 29.9 Å². The molecule has 0 heterocycles. The highest BCUT2D eigenvalue weighted by Crippen LogP contribution is 2.59. The molecule has 0 aliphatic rings. The van der Waals surface area contributed by atoms with Crippen molar-refractivity contribution in [1.82, 2.24) is 0 Å². The Kier molecular flexibility index (Phi) is 3.67. The number of hydrogen-bond acceptors (Lipinski definition) is 3. The van der Waals surface area contributed by atoms with Crippen LogP contribution in [0.15, 0.2) is 29.2 Å². The maximum absolute atomic E-state index is 9.68. The molecule has 0 aliphatic carbocycles. The lowest BCUT2D eigenvalue weighted by molar-refractivity contribution is 0.509. The Bertz CT molecular complexity index is 269. The third-order valence-electron chi connectivity index (χ3n) is 1.61. The Balaban J connectivity index is 2.87. The van der Waals surface area contributed by atoms with E-state index in [0.29, 0.717) is 10.6 Å². The molecule has 0 amide bonds. The van der Waals surface area contributed by atoms with Crippen LogP contribution in [0.5, 0.6) is 0 Å². The van der Waals surface area contributed by atoms with Crippen molar-refractivity contribution in [2.45, 2.75) is 18.7 Å². The van der Waals surface area contributed by atoms with Crippen molar-refractivity contribution in [3.05, 3.63) is 29.8 Å². The molecule has 0 bridgehead atoms. The zero-order valence-electron chi connectivity index (χ0n) is 7.73. The summed E-state index contributed by atoms with van der Waals surface area (Å²) in [5.41, 5.74) is 1.13. The van der Waals surface area contributed by atoms with Crippen LogP contribution in [0.1, 0.15) is 12.5 Å². The zero-order chi connectivity index (χ0) is 9.90. The molecule has 1 aromatic carbocycles. The second-order valence-corrected chi connectivity index (χ2v) is 7.10. The summed E-state index contributed by atoms with van der Waals surface area (Å²) in [6, 6.07) is 7.32. The first-order valence-electron chi connectivity index (χ1n) is 4.05. The molecule has 0 fully saturated rings. The minimum absolute atomic E-state index is 0.616. The topological polar surface area (TPSA) is 40.5 Å². The second kappa shape index (κ2) is 4.37. The fourth-order valence-electron chi connectivity index (χ4n) is 0.948. The quantitative estimate of drug-likeness (QED) is 0.759. The highest BCUT2D eigenvalue weighted by atomic mass is 33.2. The Morgan fingerprint density at radius 2 is 1.77 bits per heavy atom. The predicted octanol–water partition coefficient (Wildman–Crippen LogP) is 3.77. The summed E-state index contributed by atoms with van der Waals surface area (Å²) < 4.78 is 19.4. The third-order valence-corrected chi connectivity index (χ3v) is 5.33. The summed E-state index contributed by atoms with van der Waals surface area (Å²) in [5.74, 6) is 0.705. The van der Waals surface area contributed by atoms with Crippen LogP contribution in [0.4, 0.5) is 0 Å². The molecule has 0 aliphatic heterocycles. The molecule has 4 heteroatoms. The van der Waals surface area contributed by atoms with Crippen molar-refractivity contribution in [2.75, 3.05) is 5.75 Å². The maximum Gasteiger partial charge on any atom is 0.0701 e. The van der Waals surface area contributed by atoms with Gasteiger partial charge in [-0.15, -0.1) is 9.62 Å². The van der Waals surface area contributed by atoms with Gasteiger partial charge in [0.15, 0.2) is 0 Å². The SMILES string of the molecule is CCSS(O)(O)c1ccc(C)cc1. The average molecular weight is 218 g/mol. The first-order chi connectivity index (χ1) is 6.06. The van der Waals surface area contributed by atoms with Crippen molar-refractivity contribution in [1.29, 1.82) is 0 Å².